The van der Waals surface area contributed by atoms with E-state index in [1.165, 1.54) is 17.4 Å². The summed E-state index contributed by atoms with van der Waals surface area (Å²) in [6.07, 6.45) is 0. The molecule has 0 bridgehead atoms. The van der Waals surface area contributed by atoms with E-state index in [9.17, 15) is 10.1 Å². The van der Waals surface area contributed by atoms with E-state index in [-0.39, 0.29) is 10.6 Å². The minimum atomic E-state index is -0.386. The van der Waals surface area contributed by atoms with Crippen LogP contribution >= 0.6 is 23.1 Å². The van der Waals surface area contributed by atoms with E-state index < -0.39 is 0 Å². The monoisotopic (exact) mass is 288 g/mol. The van der Waals surface area contributed by atoms with Crippen LogP contribution in [0.25, 0.3) is 10.2 Å². The van der Waals surface area contributed by atoms with Crippen molar-refractivity contribution in [2.75, 3.05) is 0 Å². The average Bonchev–Trinajstić information content (AvgIpc) is 2.80. The molecule has 0 aliphatic rings. The second kappa shape index (κ2) is 4.99. The van der Waals surface area contributed by atoms with Crippen molar-refractivity contribution >= 4 is 39.0 Å². The minimum Gasteiger partial charge on any atom is -0.258 e. The van der Waals surface area contributed by atoms with E-state index in [0.717, 1.165) is 19.5 Å². The second-order valence-corrected chi connectivity index (χ2v) is 6.16. The van der Waals surface area contributed by atoms with Crippen molar-refractivity contribution in [3.05, 3.63) is 58.6 Å². The Morgan fingerprint density at radius 3 is 2.68 bits per heavy atom. The molecule has 2 aromatic carbocycles. The van der Waals surface area contributed by atoms with Crippen LogP contribution in [0.4, 0.5) is 5.69 Å². The van der Waals surface area contributed by atoms with Gasteiger partial charge in [-0.05, 0) is 18.2 Å². The molecule has 0 unspecified atom stereocenters. The highest BCUT2D eigenvalue weighted by molar-refractivity contribution is 8.01. The molecule has 1 aromatic heterocycles. The molecule has 0 radical (unpaired) electrons. The van der Waals surface area contributed by atoms with Crippen LogP contribution in [-0.2, 0) is 0 Å². The summed E-state index contributed by atoms with van der Waals surface area (Å²) in [7, 11) is 0. The Labute approximate surface area is 117 Å². The first-order valence-electron chi connectivity index (χ1n) is 5.50. The molecule has 94 valence electrons. The molecule has 3 rings (SSSR count). The van der Waals surface area contributed by atoms with Gasteiger partial charge >= 0.3 is 0 Å². The van der Waals surface area contributed by atoms with Gasteiger partial charge in [-0.15, -0.1) is 11.3 Å². The van der Waals surface area contributed by atoms with Gasteiger partial charge in [0.05, 0.1) is 15.1 Å². The molecule has 0 atom stereocenters. The first kappa shape index (κ1) is 12.1. The van der Waals surface area contributed by atoms with Crippen molar-refractivity contribution in [2.45, 2.75) is 9.24 Å². The van der Waals surface area contributed by atoms with Gasteiger partial charge in [0, 0.05) is 17.0 Å². The molecule has 0 saturated carbocycles. The number of benzene rings is 2. The smallest absolute Gasteiger partial charge is 0.258 e. The number of nitro groups is 1. The highest BCUT2D eigenvalue weighted by atomic mass is 32.2. The molecular formula is C13H8N2O2S2. The number of hydrogen-bond donors (Lipinski definition) is 0. The number of nitro benzene ring substituents is 1. The largest absolute Gasteiger partial charge is 0.270 e. The van der Waals surface area contributed by atoms with Gasteiger partial charge in [-0.25, -0.2) is 4.98 Å². The van der Waals surface area contributed by atoms with Gasteiger partial charge in [-0.1, -0.05) is 30.0 Å². The van der Waals surface area contributed by atoms with Crippen molar-refractivity contribution in [1.82, 2.24) is 4.98 Å². The van der Waals surface area contributed by atoms with Crippen LogP contribution in [0.15, 0.2) is 57.8 Å². The van der Waals surface area contributed by atoms with Crippen LogP contribution in [0.3, 0.4) is 0 Å². The third kappa shape index (κ3) is 2.59. The number of non-ortho nitro benzene ring substituents is 1. The Morgan fingerprint density at radius 1 is 1.16 bits per heavy atom. The zero-order valence-corrected chi connectivity index (χ0v) is 11.3. The lowest BCUT2D eigenvalue weighted by atomic mass is 10.3. The molecule has 0 aliphatic heterocycles. The van der Waals surface area contributed by atoms with E-state index >= 15 is 0 Å². The fourth-order valence-electron chi connectivity index (χ4n) is 1.64. The van der Waals surface area contributed by atoms with Crippen LogP contribution < -0.4 is 0 Å². The number of rotatable bonds is 3. The van der Waals surface area contributed by atoms with E-state index in [1.54, 1.807) is 23.9 Å². The van der Waals surface area contributed by atoms with Crippen molar-refractivity contribution in [1.29, 1.82) is 0 Å². The quantitative estimate of drug-likeness (QED) is 0.531. The first-order valence-corrected chi connectivity index (χ1v) is 7.13. The molecule has 6 heteroatoms. The van der Waals surface area contributed by atoms with Crippen molar-refractivity contribution < 1.29 is 4.92 Å². The predicted octanol–water partition coefficient (Wildman–Crippen LogP) is 4.36. The SMILES string of the molecule is O=[N+]([O-])c1ccc2nc(Sc3ccccc3)sc2c1. The van der Waals surface area contributed by atoms with Gasteiger partial charge in [0.2, 0.25) is 0 Å². The third-order valence-corrected chi connectivity index (χ3v) is 4.60. The number of thiazole rings is 1. The highest BCUT2D eigenvalue weighted by Crippen LogP contribution is 2.35. The van der Waals surface area contributed by atoms with Gasteiger partial charge in [-0.3, -0.25) is 10.1 Å². The number of hydrogen-bond acceptors (Lipinski definition) is 5. The number of fused-ring (bicyclic) bond motifs is 1. The summed E-state index contributed by atoms with van der Waals surface area (Å²) in [5.74, 6) is 0. The maximum absolute atomic E-state index is 10.7. The summed E-state index contributed by atoms with van der Waals surface area (Å²) >= 11 is 3.04. The lowest BCUT2D eigenvalue weighted by Crippen LogP contribution is -1.85. The Kier molecular flexibility index (Phi) is 3.18. The molecule has 1 heterocycles. The van der Waals surface area contributed by atoms with E-state index in [0.29, 0.717) is 0 Å². The zero-order valence-electron chi connectivity index (χ0n) is 9.65. The van der Waals surface area contributed by atoms with E-state index in [1.807, 2.05) is 30.3 Å². The third-order valence-electron chi connectivity index (χ3n) is 2.51. The summed E-state index contributed by atoms with van der Waals surface area (Å²) in [4.78, 5) is 15.9. The predicted molar refractivity (Wildman–Crippen MR) is 76.8 cm³/mol. The van der Waals surface area contributed by atoms with Gasteiger partial charge in [0.15, 0.2) is 4.34 Å². The summed E-state index contributed by atoms with van der Waals surface area (Å²) in [6, 6.07) is 14.7. The number of nitrogens with zero attached hydrogens (tertiary/aromatic N) is 2. The summed E-state index contributed by atoms with van der Waals surface area (Å²) in [5.41, 5.74) is 0.904. The Morgan fingerprint density at radius 2 is 1.95 bits per heavy atom. The minimum absolute atomic E-state index is 0.104. The maximum atomic E-state index is 10.7. The topological polar surface area (TPSA) is 56.0 Å². The summed E-state index contributed by atoms with van der Waals surface area (Å²) in [5, 5.41) is 10.7. The van der Waals surface area contributed by atoms with Crippen molar-refractivity contribution in [3.63, 3.8) is 0 Å². The molecule has 0 fully saturated rings. The van der Waals surface area contributed by atoms with Crippen LogP contribution in [0.5, 0.6) is 0 Å². The highest BCUT2D eigenvalue weighted by Gasteiger charge is 2.10. The van der Waals surface area contributed by atoms with E-state index in [2.05, 4.69) is 4.98 Å². The fourth-order valence-corrected chi connectivity index (χ4v) is 3.73. The molecule has 3 aromatic rings. The molecule has 19 heavy (non-hydrogen) atoms. The molecule has 0 saturated heterocycles. The standard InChI is InChI=1S/C13H8N2O2S2/c16-15(17)9-6-7-11-12(8-9)19-13(14-11)18-10-4-2-1-3-5-10/h1-8H. The molecular weight excluding hydrogens is 280 g/mol. The maximum Gasteiger partial charge on any atom is 0.270 e. The van der Waals surface area contributed by atoms with Crippen LogP contribution in [0.1, 0.15) is 0 Å². The zero-order chi connectivity index (χ0) is 13.2. The van der Waals surface area contributed by atoms with Gasteiger partial charge in [-0.2, -0.15) is 0 Å². The molecule has 0 spiro atoms. The molecule has 4 nitrogen and oxygen atoms in total. The lowest BCUT2D eigenvalue weighted by Gasteiger charge is -1.94. The molecule has 0 N–H and O–H groups in total. The second-order valence-electron chi connectivity index (χ2n) is 3.80. The molecule has 0 aliphatic carbocycles. The Hall–Kier alpha value is -1.92. The normalized spacial score (nSPS) is 10.7. The Bertz CT molecular complexity index is 741. The van der Waals surface area contributed by atoms with Crippen LogP contribution in [0.2, 0.25) is 0 Å². The lowest BCUT2D eigenvalue weighted by molar-refractivity contribution is -0.384. The van der Waals surface area contributed by atoms with Gasteiger partial charge in [0.1, 0.15) is 0 Å². The van der Waals surface area contributed by atoms with Crippen molar-refractivity contribution in [3.8, 4) is 0 Å². The van der Waals surface area contributed by atoms with Crippen molar-refractivity contribution in [2.24, 2.45) is 0 Å². The number of aromatic nitrogens is 1. The van der Waals surface area contributed by atoms with Gasteiger partial charge in [0.25, 0.3) is 5.69 Å². The summed E-state index contributed by atoms with van der Waals surface area (Å²) < 4.78 is 1.73. The van der Waals surface area contributed by atoms with Crippen LogP contribution in [-0.4, -0.2) is 9.91 Å². The first-order chi connectivity index (χ1) is 9.22. The summed E-state index contributed by atoms with van der Waals surface area (Å²) in [6.45, 7) is 0. The fraction of sp³-hybridized carbons (Fsp3) is 0. The Balaban J connectivity index is 1.95. The average molecular weight is 288 g/mol. The van der Waals surface area contributed by atoms with E-state index in [4.69, 9.17) is 0 Å². The van der Waals surface area contributed by atoms with Crippen LogP contribution in [0, 0.1) is 10.1 Å². The molecule has 0 amide bonds. The van der Waals surface area contributed by atoms with Gasteiger partial charge < -0.3 is 0 Å².